The molecule has 248 valence electrons. The van der Waals surface area contributed by atoms with Gasteiger partial charge in [-0.05, 0) is 48.5 Å². The highest BCUT2D eigenvalue weighted by Gasteiger charge is 2.25. The van der Waals surface area contributed by atoms with Gasteiger partial charge < -0.3 is 24.6 Å². The highest BCUT2D eigenvalue weighted by molar-refractivity contribution is 7.80. The molecule has 8 nitrogen and oxygen atoms in total. The largest absolute Gasteiger partial charge is 0.527 e. The molecular formula is C34H55N2O6PS. The maximum atomic E-state index is 12.6. The quantitative estimate of drug-likeness (QED) is 0.0523. The summed E-state index contributed by atoms with van der Waals surface area (Å²) >= 11 is 5.34. The van der Waals surface area contributed by atoms with Crippen molar-refractivity contribution in [1.82, 2.24) is 5.32 Å². The Balaban J connectivity index is 1.53. The van der Waals surface area contributed by atoms with Crippen LogP contribution in [0.3, 0.4) is 0 Å². The van der Waals surface area contributed by atoms with Crippen molar-refractivity contribution < 1.29 is 28.0 Å². The van der Waals surface area contributed by atoms with Gasteiger partial charge >= 0.3 is 7.82 Å². The van der Waals surface area contributed by atoms with Gasteiger partial charge in [0.2, 0.25) is 0 Å². The molecule has 0 fully saturated rings. The topological polar surface area (TPSA) is 98.3 Å². The fourth-order valence-electron chi connectivity index (χ4n) is 4.73. The van der Waals surface area contributed by atoms with E-state index in [-0.39, 0.29) is 19.0 Å². The monoisotopic (exact) mass is 650 g/mol. The van der Waals surface area contributed by atoms with Gasteiger partial charge in [0.1, 0.15) is 11.9 Å². The number of anilines is 1. The number of methoxy groups -OCH3 is 1. The Morgan fingerprint density at radius 2 is 1.45 bits per heavy atom. The van der Waals surface area contributed by atoms with Gasteiger partial charge in [0, 0.05) is 25.9 Å². The number of ether oxygens (including phenoxy) is 2. The van der Waals surface area contributed by atoms with Gasteiger partial charge in [-0.25, -0.2) is 4.57 Å². The third-order valence-electron chi connectivity index (χ3n) is 7.31. The molecule has 0 radical (unpaired) electrons. The lowest BCUT2D eigenvalue weighted by Crippen LogP contribution is -2.27. The molecule has 2 unspecified atom stereocenters. The number of hydrogen-bond acceptors (Lipinski definition) is 6. The van der Waals surface area contributed by atoms with E-state index in [1.165, 1.54) is 84.2 Å². The molecule has 0 saturated carbocycles. The Hall–Kier alpha value is -2.00. The summed E-state index contributed by atoms with van der Waals surface area (Å²) in [5, 5.41) is 6.68. The molecule has 0 aromatic heterocycles. The molecule has 0 spiro atoms. The normalized spacial score (nSPS) is 13.2. The zero-order chi connectivity index (χ0) is 31.7. The SMILES string of the molecule is CCCCCCCCCCCCCCCCOCC(COP(=O)(O)Oc1cccc(CNC(=S)Nc2ccccc2)c1)OC. The van der Waals surface area contributed by atoms with Crippen LogP contribution in [0.1, 0.15) is 102 Å². The minimum absolute atomic E-state index is 0.121. The molecule has 2 aromatic rings. The predicted molar refractivity (Wildman–Crippen MR) is 184 cm³/mol. The van der Waals surface area contributed by atoms with Crippen LogP contribution in [-0.2, 0) is 25.1 Å². The van der Waals surface area contributed by atoms with E-state index in [2.05, 4.69) is 17.6 Å². The van der Waals surface area contributed by atoms with Crippen molar-refractivity contribution in [3.8, 4) is 5.75 Å². The molecule has 2 atom stereocenters. The Morgan fingerprint density at radius 3 is 2.07 bits per heavy atom. The van der Waals surface area contributed by atoms with Crippen LogP contribution in [0.4, 0.5) is 5.69 Å². The highest BCUT2D eigenvalue weighted by Crippen LogP contribution is 2.44. The fraction of sp³-hybridized carbons (Fsp3) is 0.618. The molecule has 44 heavy (non-hydrogen) atoms. The number of thiocarbonyl (C=S) groups is 1. The molecule has 10 heteroatoms. The fourth-order valence-corrected chi connectivity index (χ4v) is 5.70. The van der Waals surface area contributed by atoms with E-state index in [1.54, 1.807) is 18.2 Å². The Morgan fingerprint density at radius 1 is 0.841 bits per heavy atom. The average Bonchev–Trinajstić information content (AvgIpc) is 3.01. The van der Waals surface area contributed by atoms with Gasteiger partial charge in [-0.2, -0.15) is 0 Å². The van der Waals surface area contributed by atoms with E-state index >= 15 is 0 Å². The predicted octanol–water partition coefficient (Wildman–Crippen LogP) is 9.18. The Kier molecular flexibility index (Phi) is 21.1. The lowest BCUT2D eigenvalue weighted by Gasteiger charge is -2.18. The van der Waals surface area contributed by atoms with Crippen LogP contribution in [0.2, 0.25) is 0 Å². The zero-order valence-electron chi connectivity index (χ0n) is 26.8. The molecule has 2 aromatic carbocycles. The van der Waals surface area contributed by atoms with Crippen LogP contribution in [0.25, 0.3) is 0 Å². The Bertz CT molecular complexity index is 1060. The summed E-state index contributed by atoms with van der Waals surface area (Å²) in [6, 6.07) is 16.5. The summed E-state index contributed by atoms with van der Waals surface area (Å²) in [7, 11) is -2.83. The average molecular weight is 651 g/mol. The first kappa shape index (κ1) is 38.2. The van der Waals surface area contributed by atoms with Gasteiger partial charge in [-0.3, -0.25) is 9.42 Å². The number of para-hydroxylation sites is 1. The summed E-state index contributed by atoms with van der Waals surface area (Å²) in [5.41, 5.74) is 1.71. The van der Waals surface area contributed by atoms with E-state index in [1.807, 2.05) is 36.4 Å². The molecule has 0 aliphatic carbocycles. The van der Waals surface area contributed by atoms with Crippen molar-refractivity contribution in [1.29, 1.82) is 0 Å². The van der Waals surface area contributed by atoms with Crippen molar-refractivity contribution in [2.45, 2.75) is 109 Å². The summed E-state index contributed by atoms with van der Waals surface area (Å²) < 4.78 is 34.2. The molecule has 0 aliphatic rings. The minimum Gasteiger partial charge on any atom is -0.404 e. The third-order valence-corrected chi connectivity index (χ3v) is 8.47. The van der Waals surface area contributed by atoms with Crippen molar-refractivity contribution in [3.63, 3.8) is 0 Å². The number of phosphoric ester groups is 1. The molecular weight excluding hydrogens is 595 g/mol. The van der Waals surface area contributed by atoms with Crippen molar-refractivity contribution in [2.75, 3.05) is 32.2 Å². The van der Waals surface area contributed by atoms with Crippen LogP contribution >= 0.6 is 20.0 Å². The summed E-state index contributed by atoms with van der Waals surface area (Å²) in [6.45, 7) is 3.48. The van der Waals surface area contributed by atoms with Crippen LogP contribution in [-0.4, -0.2) is 43.0 Å². The first-order valence-corrected chi connectivity index (χ1v) is 18.3. The molecule has 3 N–H and O–H groups in total. The minimum atomic E-state index is -4.36. The van der Waals surface area contributed by atoms with Gasteiger partial charge in [0.15, 0.2) is 5.11 Å². The lowest BCUT2D eigenvalue weighted by molar-refractivity contribution is -0.0197. The first-order chi connectivity index (χ1) is 21.4. The summed E-state index contributed by atoms with van der Waals surface area (Å²) in [4.78, 5) is 10.3. The van der Waals surface area contributed by atoms with Crippen molar-refractivity contribution in [2.24, 2.45) is 0 Å². The van der Waals surface area contributed by atoms with E-state index in [4.69, 9.17) is 30.7 Å². The molecule has 0 bridgehead atoms. The summed E-state index contributed by atoms with van der Waals surface area (Å²) in [6.07, 6.45) is 17.9. The smallest absolute Gasteiger partial charge is 0.404 e. The Labute approximate surface area is 271 Å². The third kappa shape index (κ3) is 19.4. The van der Waals surface area contributed by atoms with Crippen molar-refractivity contribution in [3.05, 3.63) is 60.2 Å². The molecule has 0 aliphatic heterocycles. The molecule has 0 amide bonds. The number of unbranched alkanes of at least 4 members (excludes halogenated alkanes) is 13. The van der Waals surface area contributed by atoms with Crippen LogP contribution in [0, 0.1) is 0 Å². The molecule has 0 saturated heterocycles. The molecule has 0 heterocycles. The van der Waals surface area contributed by atoms with Crippen molar-refractivity contribution >= 4 is 30.8 Å². The number of hydrogen-bond donors (Lipinski definition) is 3. The second-order valence-electron chi connectivity index (χ2n) is 11.2. The first-order valence-electron chi connectivity index (χ1n) is 16.4. The number of phosphoric acid groups is 1. The maximum Gasteiger partial charge on any atom is 0.527 e. The number of nitrogens with one attached hydrogen (secondary N) is 2. The van der Waals surface area contributed by atoms with Gasteiger partial charge in [-0.1, -0.05) is 121 Å². The van der Waals surface area contributed by atoms with E-state index in [0.29, 0.717) is 18.3 Å². The standard InChI is InChI=1S/C34H55N2O6PS/c1-3-4-5-6-7-8-9-10-11-12-13-14-15-19-25-40-28-33(39-2)29-41-43(37,38)42-32-24-20-21-30(26-32)27-35-34(44)36-31-22-17-16-18-23-31/h16-18,20-24,26,33H,3-15,19,25,27-29H2,1-2H3,(H,37,38)(H2,35,36,44). The van der Waals surface area contributed by atoms with Gasteiger partial charge in [-0.15, -0.1) is 0 Å². The van der Waals surface area contributed by atoms with Crippen LogP contribution in [0.15, 0.2) is 54.6 Å². The summed E-state index contributed by atoms with van der Waals surface area (Å²) in [5.74, 6) is 0.222. The lowest BCUT2D eigenvalue weighted by atomic mass is 10.0. The van der Waals surface area contributed by atoms with Crippen LogP contribution < -0.4 is 15.2 Å². The van der Waals surface area contributed by atoms with E-state index in [0.717, 1.165) is 24.1 Å². The zero-order valence-corrected chi connectivity index (χ0v) is 28.6. The molecule has 2 rings (SSSR count). The highest BCUT2D eigenvalue weighted by atomic mass is 32.1. The second kappa shape index (κ2) is 24.3. The van der Waals surface area contributed by atoms with E-state index < -0.39 is 13.9 Å². The maximum absolute atomic E-state index is 12.6. The van der Waals surface area contributed by atoms with E-state index in [9.17, 15) is 9.46 Å². The number of rotatable bonds is 26. The van der Waals surface area contributed by atoms with Crippen LogP contribution in [0.5, 0.6) is 5.75 Å². The number of benzene rings is 2. The van der Waals surface area contributed by atoms with Gasteiger partial charge in [0.05, 0.1) is 13.2 Å². The van der Waals surface area contributed by atoms with Gasteiger partial charge in [0.25, 0.3) is 0 Å². The second-order valence-corrected chi connectivity index (χ2v) is 13.0.